The van der Waals surface area contributed by atoms with Crippen molar-refractivity contribution in [1.82, 2.24) is 9.97 Å². The summed E-state index contributed by atoms with van der Waals surface area (Å²) < 4.78 is 67.6. The van der Waals surface area contributed by atoms with Gasteiger partial charge in [0.05, 0.1) is 23.7 Å². The highest BCUT2D eigenvalue weighted by Crippen LogP contribution is 2.31. The third-order valence-corrected chi connectivity index (χ3v) is 5.61. The van der Waals surface area contributed by atoms with Gasteiger partial charge in [-0.1, -0.05) is 23.3 Å². The van der Waals surface area contributed by atoms with Gasteiger partial charge >= 0.3 is 21.6 Å². The molecule has 0 aliphatic rings. The van der Waals surface area contributed by atoms with Crippen LogP contribution in [0.15, 0.2) is 60.9 Å². The second kappa shape index (κ2) is 9.64. The van der Waals surface area contributed by atoms with E-state index in [-0.39, 0.29) is 11.4 Å². The van der Waals surface area contributed by atoms with Gasteiger partial charge in [-0.25, -0.2) is 4.79 Å². The van der Waals surface area contributed by atoms with E-state index in [1.165, 1.54) is 19.4 Å². The Bertz CT molecular complexity index is 1470. The maximum atomic E-state index is 12.3. The van der Waals surface area contributed by atoms with E-state index in [1.807, 2.05) is 25.1 Å². The summed E-state index contributed by atoms with van der Waals surface area (Å²) in [5.74, 6) is -0.723. The molecule has 0 atom stereocenters. The molecule has 4 rings (SSSR count). The van der Waals surface area contributed by atoms with Crippen LogP contribution in [0.3, 0.4) is 0 Å². The number of halogens is 3. The Morgan fingerprint density at radius 3 is 1.94 bits per heavy atom. The highest BCUT2D eigenvalue weighted by atomic mass is 32.2. The van der Waals surface area contributed by atoms with E-state index in [4.69, 9.17) is 4.74 Å². The van der Waals surface area contributed by atoms with Crippen molar-refractivity contribution in [2.75, 3.05) is 7.11 Å². The van der Waals surface area contributed by atoms with Crippen molar-refractivity contribution >= 4 is 37.9 Å². The number of hydrogen-bond donors (Lipinski definition) is 0. The van der Waals surface area contributed by atoms with Gasteiger partial charge in [-0.05, 0) is 44.2 Å². The Kier molecular flexibility index (Phi) is 7.06. The molecule has 0 saturated carbocycles. The van der Waals surface area contributed by atoms with Gasteiger partial charge in [-0.3, -0.25) is 9.97 Å². The van der Waals surface area contributed by atoms with E-state index >= 15 is 0 Å². The highest BCUT2D eigenvalue weighted by molar-refractivity contribution is 7.88. The average Bonchev–Trinajstić information content (AvgIpc) is 2.78. The maximum absolute atomic E-state index is 12.3. The molecule has 0 bridgehead atoms. The molecule has 2 heterocycles. The molecule has 178 valence electrons. The number of fused-ring (bicyclic) bond motifs is 2. The van der Waals surface area contributed by atoms with Gasteiger partial charge in [0.1, 0.15) is 0 Å². The number of esters is 1. The third-order valence-electron chi connectivity index (χ3n) is 4.64. The van der Waals surface area contributed by atoms with Crippen LogP contribution in [0, 0.1) is 13.8 Å². The lowest BCUT2D eigenvalue weighted by Crippen LogP contribution is -2.28. The molecule has 0 N–H and O–H groups in total. The molecule has 7 nitrogen and oxygen atoms in total. The molecular formula is C23H19F3N2O5S. The molecular weight excluding hydrogens is 473 g/mol. The largest absolute Gasteiger partial charge is 0.534 e. The molecule has 4 aromatic rings. The second-order valence-corrected chi connectivity index (χ2v) is 8.72. The van der Waals surface area contributed by atoms with Gasteiger partial charge in [0, 0.05) is 29.2 Å². The van der Waals surface area contributed by atoms with E-state index < -0.39 is 21.4 Å². The summed E-state index contributed by atoms with van der Waals surface area (Å²) in [6, 6.07) is 13.3. The Labute approximate surface area is 193 Å². The van der Waals surface area contributed by atoms with E-state index in [9.17, 15) is 26.4 Å². The van der Waals surface area contributed by atoms with Crippen molar-refractivity contribution < 1.29 is 35.3 Å². The molecule has 2 aromatic heterocycles. The van der Waals surface area contributed by atoms with Gasteiger partial charge in [0.2, 0.25) is 0 Å². The number of carbonyl (C=O) groups is 1. The normalized spacial score (nSPS) is 11.6. The molecule has 2 aromatic carbocycles. The van der Waals surface area contributed by atoms with Crippen LogP contribution < -0.4 is 4.18 Å². The first-order valence-corrected chi connectivity index (χ1v) is 11.1. The first kappa shape index (κ1) is 24.9. The topological polar surface area (TPSA) is 95.4 Å². The summed E-state index contributed by atoms with van der Waals surface area (Å²) in [7, 11) is -4.30. The SMILES string of the molecule is COC(=O)c1ccnc2ccc(C)cc12.Cc1ccc2nccc(OS(=O)(=O)C(F)(F)F)c2c1. The smallest absolute Gasteiger partial charge is 0.465 e. The molecule has 0 amide bonds. The fourth-order valence-electron chi connectivity index (χ4n) is 3.02. The molecule has 11 heteroatoms. The predicted octanol–water partition coefficient (Wildman–Crippen LogP) is 5.10. The second-order valence-electron chi connectivity index (χ2n) is 7.18. The van der Waals surface area contributed by atoms with Crippen LogP contribution in [-0.2, 0) is 14.9 Å². The van der Waals surface area contributed by atoms with Gasteiger partial charge in [0.25, 0.3) is 0 Å². The number of nitrogens with zero attached hydrogens (tertiary/aromatic N) is 2. The van der Waals surface area contributed by atoms with E-state index in [2.05, 4.69) is 14.2 Å². The Hall–Kier alpha value is -3.73. The summed E-state index contributed by atoms with van der Waals surface area (Å²) in [5.41, 5.74) is -1.91. The zero-order valence-electron chi connectivity index (χ0n) is 18.3. The first-order chi connectivity index (χ1) is 15.9. The van der Waals surface area contributed by atoms with Gasteiger partial charge < -0.3 is 8.92 Å². The molecule has 0 aliphatic heterocycles. The summed E-state index contributed by atoms with van der Waals surface area (Å²) in [4.78, 5) is 19.6. The van der Waals surface area contributed by atoms with Crippen LogP contribution in [0.4, 0.5) is 13.2 Å². The zero-order chi connectivity index (χ0) is 25.1. The van der Waals surface area contributed by atoms with Crippen molar-refractivity contribution in [3.8, 4) is 5.75 Å². The Morgan fingerprint density at radius 1 is 0.853 bits per heavy atom. The number of ether oxygens (including phenoxy) is 1. The number of hydrogen-bond acceptors (Lipinski definition) is 7. The highest BCUT2D eigenvalue weighted by Gasteiger charge is 2.48. The zero-order valence-corrected chi connectivity index (χ0v) is 19.1. The van der Waals surface area contributed by atoms with Crippen LogP contribution in [-0.4, -0.2) is 37.0 Å². The molecule has 34 heavy (non-hydrogen) atoms. The van der Waals surface area contributed by atoms with Crippen LogP contribution >= 0.6 is 0 Å². The fraction of sp³-hybridized carbons (Fsp3) is 0.174. The standard InChI is InChI=1S/C12H11NO2.C11H8F3NO3S/c1-8-3-4-11-10(7-8)9(5-6-13-11)12(14)15-2;1-7-2-3-9-8(6-7)10(4-5-15-9)18-19(16,17)11(12,13)14/h3-7H,1-2H3;2-6H,1H3. The van der Waals surface area contributed by atoms with Crippen molar-refractivity contribution in [2.24, 2.45) is 0 Å². The van der Waals surface area contributed by atoms with Crippen LogP contribution in [0.1, 0.15) is 21.5 Å². The van der Waals surface area contributed by atoms with E-state index in [0.717, 1.165) is 28.1 Å². The number of rotatable bonds is 3. The Balaban J connectivity index is 0.000000196. The summed E-state index contributed by atoms with van der Waals surface area (Å²) >= 11 is 0. The third kappa shape index (κ3) is 5.42. The first-order valence-electron chi connectivity index (χ1n) is 9.73. The molecule has 0 aliphatic carbocycles. The molecule has 0 radical (unpaired) electrons. The molecule has 0 unspecified atom stereocenters. The number of carbonyl (C=O) groups excluding carboxylic acids is 1. The van der Waals surface area contributed by atoms with Crippen molar-refractivity contribution in [3.63, 3.8) is 0 Å². The van der Waals surface area contributed by atoms with E-state index in [1.54, 1.807) is 31.3 Å². The van der Waals surface area contributed by atoms with Crippen LogP contribution in [0.5, 0.6) is 5.75 Å². The number of alkyl halides is 3. The molecule has 0 spiro atoms. The van der Waals surface area contributed by atoms with Gasteiger partial charge in [-0.2, -0.15) is 21.6 Å². The quantitative estimate of drug-likeness (QED) is 0.223. The minimum Gasteiger partial charge on any atom is -0.465 e. The minimum absolute atomic E-state index is 0.204. The number of aromatic nitrogens is 2. The minimum atomic E-state index is -5.68. The lowest BCUT2D eigenvalue weighted by Gasteiger charge is -2.11. The van der Waals surface area contributed by atoms with Gasteiger partial charge in [0.15, 0.2) is 5.75 Å². The number of aryl methyl sites for hydroxylation is 2. The predicted molar refractivity (Wildman–Crippen MR) is 120 cm³/mol. The number of pyridine rings is 2. The lowest BCUT2D eigenvalue weighted by atomic mass is 10.1. The monoisotopic (exact) mass is 492 g/mol. The summed E-state index contributed by atoms with van der Waals surface area (Å²) in [5, 5.41) is 1.04. The summed E-state index contributed by atoms with van der Waals surface area (Å²) in [6.07, 6.45) is 2.79. The molecule has 0 fully saturated rings. The van der Waals surface area contributed by atoms with Crippen molar-refractivity contribution in [2.45, 2.75) is 19.4 Å². The fourth-order valence-corrected chi connectivity index (χ4v) is 3.50. The Morgan fingerprint density at radius 2 is 1.38 bits per heavy atom. The lowest BCUT2D eigenvalue weighted by molar-refractivity contribution is -0.0499. The maximum Gasteiger partial charge on any atom is 0.534 e. The van der Waals surface area contributed by atoms with Gasteiger partial charge in [-0.15, -0.1) is 0 Å². The van der Waals surface area contributed by atoms with Crippen LogP contribution in [0.25, 0.3) is 21.8 Å². The van der Waals surface area contributed by atoms with Crippen LogP contribution in [0.2, 0.25) is 0 Å². The van der Waals surface area contributed by atoms with Crippen molar-refractivity contribution in [3.05, 3.63) is 77.6 Å². The average molecular weight is 492 g/mol. The van der Waals surface area contributed by atoms with Crippen molar-refractivity contribution in [1.29, 1.82) is 0 Å². The summed E-state index contributed by atoms with van der Waals surface area (Å²) in [6.45, 7) is 3.70. The molecule has 0 saturated heterocycles. The number of benzene rings is 2. The van der Waals surface area contributed by atoms with E-state index in [0.29, 0.717) is 11.1 Å². The number of methoxy groups -OCH3 is 1.